The van der Waals surface area contributed by atoms with Crippen LogP contribution in [0.3, 0.4) is 0 Å². The van der Waals surface area contributed by atoms with Gasteiger partial charge in [-0.1, -0.05) is 23.7 Å². The molecule has 1 saturated heterocycles. The van der Waals surface area contributed by atoms with Gasteiger partial charge < -0.3 is 30.3 Å². The number of carbonyl (C=O) groups is 3. The lowest BCUT2D eigenvalue weighted by molar-refractivity contribution is -0.146. The third-order valence-electron chi connectivity index (χ3n) is 5.84. The van der Waals surface area contributed by atoms with Gasteiger partial charge in [-0.15, -0.1) is 0 Å². The third-order valence-corrected chi connectivity index (χ3v) is 6.23. The van der Waals surface area contributed by atoms with Crippen LogP contribution in [0.5, 0.6) is 0 Å². The van der Waals surface area contributed by atoms with E-state index in [-0.39, 0.29) is 28.2 Å². The van der Waals surface area contributed by atoms with Crippen LogP contribution >= 0.6 is 11.6 Å². The number of carboxylic acids is 1. The molecule has 188 valence electrons. The fourth-order valence-corrected chi connectivity index (χ4v) is 4.45. The standard InChI is InChI=1S/C25H26ClN5O5/c1-14(2)28-17-7-4-8-27-23(17)30-9-11-31(12-10-30)24(34)22-20(26)16-6-3-5-15(21(16)29-22)18(32)13-19(33)25(35)36/h3-8,13-14,28-29,32H,9-12H2,1-2H3,(H,35,36)/b18-13-. The second kappa shape index (κ2) is 10.3. The zero-order valence-electron chi connectivity index (χ0n) is 19.8. The molecule has 0 spiro atoms. The van der Waals surface area contributed by atoms with Gasteiger partial charge in [0.2, 0.25) is 0 Å². The smallest absolute Gasteiger partial charge is 0.376 e. The van der Waals surface area contributed by atoms with Gasteiger partial charge in [-0.2, -0.15) is 0 Å². The monoisotopic (exact) mass is 511 g/mol. The Morgan fingerprint density at radius 2 is 1.83 bits per heavy atom. The Bertz CT molecular complexity index is 1360. The van der Waals surface area contributed by atoms with E-state index in [0.717, 1.165) is 11.5 Å². The maximum absolute atomic E-state index is 13.3. The van der Waals surface area contributed by atoms with Crippen molar-refractivity contribution in [3.8, 4) is 0 Å². The summed E-state index contributed by atoms with van der Waals surface area (Å²) >= 11 is 6.53. The molecule has 1 aliphatic heterocycles. The number of hydrogen-bond donors (Lipinski definition) is 4. The average molecular weight is 512 g/mol. The highest BCUT2D eigenvalue weighted by atomic mass is 35.5. The number of fused-ring (bicyclic) bond motifs is 1. The summed E-state index contributed by atoms with van der Waals surface area (Å²) in [6.45, 7) is 6.18. The number of rotatable bonds is 7. The van der Waals surface area contributed by atoms with E-state index in [1.807, 2.05) is 12.1 Å². The van der Waals surface area contributed by atoms with Crippen molar-refractivity contribution in [1.82, 2.24) is 14.9 Å². The van der Waals surface area contributed by atoms with Crippen LogP contribution in [0, 0.1) is 0 Å². The molecule has 4 N–H and O–H groups in total. The first-order chi connectivity index (χ1) is 17.2. The molecule has 1 aliphatic rings. The van der Waals surface area contributed by atoms with E-state index >= 15 is 0 Å². The predicted octanol–water partition coefficient (Wildman–Crippen LogP) is 3.55. The quantitative estimate of drug-likeness (QED) is 0.214. The van der Waals surface area contributed by atoms with Gasteiger partial charge >= 0.3 is 5.97 Å². The van der Waals surface area contributed by atoms with Gasteiger partial charge in [0.05, 0.1) is 16.2 Å². The van der Waals surface area contributed by atoms with Crippen molar-refractivity contribution in [2.75, 3.05) is 36.4 Å². The number of aromatic amines is 1. The molecule has 0 aliphatic carbocycles. The maximum Gasteiger partial charge on any atom is 0.376 e. The van der Waals surface area contributed by atoms with Crippen molar-refractivity contribution < 1.29 is 24.6 Å². The van der Waals surface area contributed by atoms with Gasteiger partial charge in [-0.25, -0.2) is 9.78 Å². The van der Waals surface area contributed by atoms with Crippen molar-refractivity contribution >= 4 is 57.4 Å². The molecule has 1 fully saturated rings. The third kappa shape index (κ3) is 4.99. The molecule has 4 rings (SSSR count). The number of amides is 1. The van der Waals surface area contributed by atoms with Crippen LogP contribution in [0.4, 0.5) is 11.5 Å². The summed E-state index contributed by atoms with van der Waals surface area (Å²) in [5.74, 6) is -2.96. The van der Waals surface area contributed by atoms with Gasteiger partial charge in [0.1, 0.15) is 11.5 Å². The van der Waals surface area contributed by atoms with E-state index in [2.05, 4.69) is 34.0 Å². The Labute approximate surface area is 212 Å². The number of H-pyrrole nitrogens is 1. The number of halogens is 1. The summed E-state index contributed by atoms with van der Waals surface area (Å²) in [4.78, 5) is 47.0. The van der Waals surface area contributed by atoms with E-state index in [0.29, 0.717) is 43.2 Å². The minimum absolute atomic E-state index is 0.157. The number of nitrogens with one attached hydrogen (secondary N) is 2. The lowest BCUT2D eigenvalue weighted by Gasteiger charge is -2.36. The molecule has 0 unspecified atom stereocenters. The maximum atomic E-state index is 13.3. The van der Waals surface area contributed by atoms with E-state index in [9.17, 15) is 19.5 Å². The summed E-state index contributed by atoms with van der Waals surface area (Å²) in [5, 5.41) is 23.2. The molecule has 2 aromatic heterocycles. The molecule has 3 heterocycles. The number of anilines is 2. The minimum Gasteiger partial charge on any atom is -0.507 e. The van der Waals surface area contributed by atoms with Crippen molar-refractivity contribution in [3.63, 3.8) is 0 Å². The molecule has 0 radical (unpaired) electrons. The highest BCUT2D eigenvalue weighted by Gasteiger charge is 2.28. The van der Waals surface area contributed by atoms with Gasteiger partial charge in [0.25, 0.3) is 11.7 Å². The molecule has 1 aromatic carbocycles. The molecular formula is C25H26ClN5O5. The van der Waals surface area contributed by atoms with E-state index < -0.39 is 17.5 Å². The Morgan fingerprint density at radius 1 is 1.11 bits per heavy atom. The number of carboxylic acid groups (broad SMARTS) is 1. The van der Waals surface area contributed by atoms with E-state index in [1.165, 1.54) is 6.07 Å². The number of aliphatic hydroxyl groups is 1. The largest absolute Gasteiger partial charge is 0.507 e. The molecule has 10 nitrogen and oxygen atoms in total. The van der Waals surface area contributed by atoms with Gasteiger partial charge in [0.15, 0.2) is 5.82 Å². The number of benzene rings is 1. The summed E-state index contributed by atoms with van der Waals surface area (Å²) in [6.07, 6.45) is 2.36. The number of hydrogen-bond acceptors (Lipinski definition) is 7. The first kappa shape index (κ1) is 25.1. The highest BCUT2D eigenvalue weighted by molar-refractivity contribution is 6.40. The van der Waals surface area contributed by atoms with Crippen LogP contribution in [0.1, 0.15) is 29.9 Å². The predicted molar refractivity (Wildman–Crippen MR) is 138 cm³/mol. The number of piperazine rings is 1. The summed E-state index contributed by atoms with van der Waals surface area (Å²) in [7, 11) is 0. The van der Waals surface area contributed by atoms with Gasteiger partial charge in [-0.05, 0) is 32.0 Å². The molecule has 0 atom stereocenters. The Balaban J connectivity index is 1.55. The molecule has 11 heteroatoms. The van der Waals surface area contributed by atoms with E-state index in [1.54, 1.807) is 23.2 Å². The highest BCUT2D eigenvalue weighted by Crippen LogP contribution is 2.33. The number of ketones is 1. The zero-order chi connectivity index (χ0) is 26.0. The molecular weight excluding hydrogens is 486 g/mol. The van der Waals surface area contributed by atoms with E-state index in [4.69, 9.17) is 16.7 Å². The van der Waals surface area contributed by atoms with Crippen molar-refractivity contribution in [2.24, 2.45) is 0 Å². The molecule has 36 heavy (non-hydrogen) atoms. The summed E-state index contributed by atoms with van der Waals surface area (Å²) in [6, 6.07) is 8.87. The average Bonchev–Trinajstić information content (AvgIpc) is 3.20. The lowest BCUT2D eigenvalue weighted by atomic mass is 10.1. The molecule has 0 bridgehead atoms. The van der Waals surface area contributed by atoms with Crippen LogP contribution in [0.25, 0.3) is 16.7 Å². The number of nitrogens with zero attached hydrogens (tertiary/aromatic N) is 3. The topological polar surface area (TPSA) is 139 Å². The summed E-state index contributed by atoms with van der Waals surface area (Å²) in [5.41, 5.74) is 1.58. The first-order valence-electron chi connectivity index (χ1n) is 11.4. The number of carbonyl (C=O) groups excluding carboxylic acids is 2. The Morgan fingerprint density at radius 3 is 2.50 bits per heavy atom. The fraction of sp³-hybridized carbons (Fsp3) is 0.280. The van der Waals surface area contributed by atoms with Crippen LogP contribution in [0.2, 0.25) is 5.02 Å². The molecule has 3 aromatic rings. The number of aliphatic hydroxyl groups excluding tert-OH is 1. The zero-order valence-corrected chi connectivity index (χ0v) is 20.5. The normalized spacial score (nSPS) is 14.4. The van der Waals surface area contributed by atoms with Crippen LogP contribution in [-0.4, -0.2) is 75.0 Å². The number of pyridine rings is 1. The van der Waals surface area contributed by atoms with Crippen molar-refractivity contribution in [1.29, 1.82) is 0 Å². The second-order valence-electron chi connectivity index (χ2n) is 8.69. The Hall–Kier alpha value is -4.05. The van der Waals surface area contributed by atoms with Crippen LogP contribution < -0.4 is 10.2 Å². The van der Waals surface area contributed by atoms with Gasteiger partial charge in [0, 0.05) is 55.4 Å². The molecule has 1 amide bonds. The Kier molecular flexibility index (Phi) is 7.16. The van der Waals surface area contributed by atoms with Crippen molar-refractivity contribution in [2.45, 2.75) is 19.9 Å². The van der Waals surface area contributed by atoms with Gasteiger partial charge in [-0.3, -0.25) is 9.59 Å². The summed E-state index contributed by atoms with van der Waals surface area (Å²) < 4.78 is 0. The lowest BCUT2D eigenvalue weighted by Crippen LogP contribution is -2.49. The SMILES string of the molecule is CC(C)Nc1cccnc1N1CCN(C(=O)c2[nH]c3c(/C(O)=C/C(=O)C(=O)O)cccc3c2Cl)CC1. The minimum atomic E-state index is -1.69. The number of para-hydroxylation sites is 1. The number of aliphatic carboxylic acids is 1. The fourth-order valence-electron chi connectivity index (χ4n) is 4.16. The van der Waals surface area contributed by atoms with Crippen molar-refractivity contribution in [3.05, 3.63) is 58.9 Å². The first-order valence-corrected chi connectivity index (χ1v) is 11.8. The van der Waals surface area contributed by atoms with Crippen LogP contribution in [0.15, 0.2) is 42.6 Å². The second-order valence-corrected chi connectivity index (χ2v) is 9.07. The van der Waals surface area contributed by atoms with Crippen LogP contribution in [-0.2, 0) is 9.59 Å². The number of aromatic nitrogens is 2. The molecule has 0 saturated carbocycles.